The van der Waals surface area contributed by atoms with E-state index in [1.807, 2.05) is 23.1 Å². The van der Waals surface area contributed by atoms with Crippen molar-refractivity contribution in [2.75, 3.05) is 22.4 Å². The van der Waals surface area contributed by atoms with E-state index in [0.29, 0.717) is 17.8 Å². The maximum absolute atomic E-state index is 13.2. The van der Waals surface area contributed by atoms with E-state index in [1.165, 1.54) is 18.4 Å². The largest absolute Gasteiger partial charge is 0.307 e. The molecule has 0 aromatic heterocycles. The first-order valence-electron chi connectivity index (χ1n) is 8.87. The lowest BCUT2D eigenvalue weighted by Gasteiger charge is -2.24. The minimum absolute atomic E-state index is 0.0782. The molecule has 4 rings (SSSR count). The van der Waals surface area contributed by atoms with E-state index >= 15 is 0 Å². The molecule has 2 aliphatic rings. The van der Waals surface area contributed by atoms with Crippen LogP contribution in [0.25, 0.3) is 0 Å². The molecule has 0 radical (unpaired) electrons. The first kappa shape index (κ1) is 17.1. The van der Waals surface area contributed by atoms with Gasteiger partial charge in [0.25, 0.3) is 5.91 Å². The highest BCUT2D eigenvalue weighted by atomic mass is 32.2. The van der Waals surface area contributed by atoms with Crippen LogP contribution < -0.4 is 9.62 Å². The zero-order chi connectivity index (χ0) is 18.4. The molecule has 5 nitrogen and oxygen atoms in total. The fourth-order valence-electron chi connectivity index (χ4n) is 4.38. The van der Waals surface area contributed by atoms with Crippen LogP contribution in [0.2, 0.25) is 0 Å². The predicted molar refractivity (Wildman–Crippen MR) is 103 cm³/mol. The van der Waals surface area contributed by atoms with Gasteiger partial charge < -0.3 is 4.90 Å². The van der Waals surface area contributed by atoms with Crippen molar-refractivity contribution < 1.29 is 13.2 Å². The Labute approximate surface area is 154 Å². The average Bonchev–Trinajstić information content (AvgIpc) is 3.20. The van der Waals surface area contributed by atoms with Gasteiger partial charge in [-0.15, -0.1) is 0 Å². The normalized spacial score (nSPS) is 18.1. The Kier molecular flexibility index (Phi) is 4.03. The van der Waals surface area contributed by atoms with Crippen molar-refractivity contribution in [3.8, 4) is 0 Å². The Morgan fingerprint density at radius 3 is 2.54 bits per heavy atom. The van der Waals surface area contributed by atoms with Crippen LogP contribution in [0.4, 0.5) is 11.4 Å². The Hall–Kier alpha value is -2.34. The van der Waals surface area contributed by atoms with Gasteiger partial charge in [-0.3, -0.25) is 9.52 Å². The van der Waals surface area contributed by atoms with Gasteiger partial charge >= 0.3 is 0 Å². The minimum Gasteiger partial charge on any atom is -0.307 e. The van der Waals surface area contributed by atoms with Crippen molar-refractivity contribution in [1.29, 1.82) is 0 Å². The van der Waals surface area contributed by atoms with Crippen LogP contribution in [-0.4, -0.2) is 27.1 Å². The van der Waals surface area contributed by atoms with E-state index in [-0.39, 0.29) is 11.3 Å². The second-order valence-electron chi connectivity index (χ2n) is 7.35. The van der Waals surface area contributed by atoms with E-state index in [9.17, 15) is 13.2 Å². The number of nitrogens with one attached hydrogen (secondary N) is 1. The molecule has 2 aromatic carbocycles. The lowest BCUT2D eigenvalue weighted by atomic mass is 9.81. The summed E-state index contributed by atoms with van der Waals surface area (Å²) < 4.78 is 25.4. The van der Waals surface area contributed by atoms with Gasteiger partial charge in [-0.2, -0.15) is 0 Å². The lowest BCUT2D eigenvalue weighted by Crippen LogP contribution is -2.35. The molecule has 1 fully saturated rings. The predicted octanol–water partition coefficient (Wildman–Crippen LogP) is 3.53. The Morgan fingerprint density at radius 1 is 1.08 bits per heavy atom. The molecule has 1 heterocycles. The van der Waals surface area contributed by atoms with Crippen molar-refractivity contribution >= 4 is 27.3 Å². The molecule has 136 valence electrons. The number of para-hydroxylation sites is 1. The Balaban J connectivity index is 1.68. The van der Waals surface area contributed by atoms with Crippen molar-refractivity contribution in [2.24, 2.45) is 0 Å². The standard InChI is InChI=1S/C20H22N2O3S/c1-26(24,25)21-16-8-6-7-15(13-16)19(23)22-14-20(11-4-5-12-20)17-9-2-3-10-18(17)22/h2-3,6-10,13,21H,4-5,11-12,14H2,1H3. The van der Waals surface area contributed by atoms with E-state index in [1.54, 1.807) is 24.3 Å². The topological polar surface area (TPSA) is 66.5 Å². The van der Waals surface area contributed by atoms with Crippen LogP contribution in [0.15, 0.2) is 48.5 Å². The highest BCUT2D eigenvalue weighted by molar-refractivity contribution is 7.92. The molecular formula is C20H22N2O3S. The summed E-state index contributed by atoms with van der Waals surface area (Å²) in [6, 6.07) is 14.9. The van der Waals surface area contributed by atoms with Gasteiger partial charge in [0.1, 0.15) is 0 Å². The fourth-order valence-corrected chi connectivity index (χ4v) is 4.93. The number of hydrogen-bond acceptors (Lipinski definition) is 3. The molecule has 1 aliphatic carbocycles. The van der Waals surface area contributed by atoms with Gasteiger partial charge in [0, 0.05) is 28.9 Å². The molecule has 1 aliphatic heterocycles. The number of hydrogen-bond donors (Lipinski definition) is 1. The number of amides is 1. The van der Waals surface area contributed by atoms with Crippen LogP contribution in [0.1, 0.15) is 41.6 Å². The van der Waals surface area contributed by atoms with Crippen LogP contribution in [0, 0.1) is 0 Å². The third-order valence-electron chi connectivity index (χ3n) is 5.45. The zero-order valence-corrected chi connectivity index (χ0v) is 15.6. The molecule has 2 aromatic rings. The van der Waals surface area contributed by atoms with Gasteiger partial charge in [-0.25, -0.2) is 8.42 Å². The average molecular weight is 370 g/mol. The number of benzene rings is 2. The third-order valence-corrected chi connectivity index (χ3v) is 6.05. The second-order valence-corrected chi connectivity index (χ2v) is 9.10. The number of rotatable bonds is 3. The first-order chi connectivity index (χ1) is 12.4. The molecule has 1 spiro atoms. The maximum atomic E-state index is 13.2. The number of sulfonamides is 1. The summed E-state index contributed by atoms with van der Waals surface area (Å²) in [5.41, 5.74) is 3.23. The summed E-state index contributed by atoms with van der Waals surface area (Å²) in [4.78, 5) is 15.1. The molecule has 1 saturated carbocycles. The van der Waals surface area contributed by atoms with E-state index in [4.69, 9.17) is 0 Å². The Bertz CT molecular complexity index is 963. The molecule has 0 bridgehead atoms. The molecule has 26 heavy (non-hydrogen) atoms. The summed E-state index contributed by atoms with van der Waals surface area (Å²) >= 11 is 0. The van der Waals surface area contributed by atoms with Crippen LogP contribution in [-0.2, 0) is 15.4 Å². The smallest absolute Gasteiger partial charge is 0.258 e. The molecule has 0 atom stereocenters. The number of carbonyl (C=O) groups is 1. The molecule has 1 amide bonds. The van der Waals surface area contributed by atoms with Gasteiger partial charge in [0.15, 0.2) is 0 Å². The summed E-state index contributed by atoms with van der Waals surface area (Å²) in [5, 5.41) is 0. The van der Waals surface area contributed by atoms with Gasteiger partial charge in [0.05, 0.1) is 6.26 Å². The number of anilines is 2. The number of carbonyl (C=O) groups excluding carboxylic acids is 1. The lowest BCUT2D eigenvalue weighted by molar-refractivity contribution is 0.0985. The van der Waals surface area contributed by atoms with E-state index in [2.05, 4.69) is 10.8 Å². The summed E-state index contributed by atoms with van der Waals surface area (Å²) in [6.07, 6.45) is 5.73. The van der Waals surface area contributed by atoms with Crippen molar-refractivity contribution in [3.05, 3.63) is 59.7 Å². The maximum Gasteiger partial charge on any atom is 0.258 e. The molecule has 1 N–H and O–H groups in total. The first-order valence-corrected chi connectivity index (χ1v) is 10.8. The summed E-state index contributed by atoms with van der Waals surface area (Å²) in [5.74, 6) is -0.0848. The van der Waals surface area contributed by atoms with Crippen LogP contribution in [0.3, 0.4) is 0 Å². The zero-order valence-electron chi connectivity index (χ0n) is 14.7. The quantitative estimate of drug-likeness (QED) is 0.899. The highest BCUT2D eigenvalue weighted by Crippen LogP contribution is 2.50. The summed E-state index contributed by atoms with van der Waals surface area (Å²) in [7, 11) is -3.38. The minimum atomic E-state index is -3.38. The molecule has 0 unspecified atom stereocenters. The second kappa shape index (κ2) is 6.13. The van der Waals surface area contributed by atoms with Gasteiger partial charge in [-0.1, -0.05) is 37.1 Å². The fraction of sp³-hybridized carbons (Fsp3) is 0.350. The van der Waals surface area contributed by atoms with Crippen molar-refractivity contribution in [3.63, 3.8) is 0 Å². The molecule has 0 saturated heterocycles. The van der Waals surface area contributed by atoms with Gasteiger partial charge in [-0.05, 0) is 42.7 Å². The number of nitrogens with zero attached hydrogens (tertiary/aromatic N) is 1. The molecule has 6 heteroatoms. The van der Waals surface area contributed by atoms with Crippen molar-refractivity contribution in [1.82, 2.24) is 0 Å². The van der Waals surface area contributed by atoms with E-state index in [0.717, 1.165) is 24.8 Å². The van der Waals surface area contributed by atoms with E-state index < -0.39 is 10.0 Å². The Morgan fingerprint density at radius 2 is 1.81 bits per heavy atom. The SMILES string of the molecule is CS(=O)(=O)Nc1cccc(C(=O)N2CC3(CCCC3)c3ccccc32)c1. The van der Waals surface area contributed by atoms with Crippen molar-refractivity contribution in [2.45, 2.75) is 31.1 Å². The van der Waals surface area contributed by atoms with Gasteiger partial charge in [0.2, 0.25) is 10.0 Å². The summed E-state index contributed by atoms with van der Waals surface area (Å²) in [6.45, 7) is 0.703. The number of fused-ring (bicyclic) bond motifs is 2. The van der Waals surface area contributed by atoms with Crippen LogP contribution in [0.5, 0.6) is 0 Å². The molecular weight excluding hydrogens is 348 g/mol. The monoisotopic (exact) mass is 370 g/mol. The van der Waals surface area contributed by atoms with Crippen LogP contribution >= 0.6 is 0 Å². The highest BCUT2D eigenvalue weighted by Gasteiger charge is 2.46. The third kappa shape index (κ3) is 2.98.